The number of hydrogen-bond donors (Lipinski definition) is 2. The highest BCUT2D eigenvalue weighted by molar-refractivity contribution is 7.92. The van der Waals surface area contributed by atoms with E-state index in [0.717, 1.165) is 53.5 Å². The third kappa shape index (κ3) is 6.00. The second-order valence-corrected chi connectivity index (χ2v) is 8.75. The zero-order valence-corrected chi connectivity index (χ0v) is 17.3. The Kier molecular flexibility index (Phi) is 6.45. The van der Waals surface area contributed by atoms with Crippen LogP contribution in [0.25, 0.3) is 0 Å². The Labute approximate surface area is 171 Å². The highest BCUT2D eigenvalue weighted by Gasteiger charge is 2.28. The van der Waals surface area contributed by atoms with Gasteiger partial charge in [0.15, 0.2) is 0 Å². The molecule has 1 fully saturated rings. The number of methoxy groups -OCH3 is 1. The number of anilines is 2. The van der Waals surface area contributed by atoms with Gasteiger partial charge in [-0.3, -0.25) is 4.72 Å². The number of carbonyl (C=O) groups is 1. The van der Waals surface area contributed by atoms with Gasteiger partial charge in [-0.1, -0.05) is 11.8 Å². The van der Waals surface area contributed by atoms with Crippen molar-refractivity contribution in [1.29, 1.82) is 0 Å². The van der Waals surface area contributed by atoms with Crippen molar-refractivity contribution >= 4 is 27.7 Å². The summed E-state index contributed by atoms with van der Waals surface area (Å²) in [6.07, 6.45) is 4.72. The molecule has 2 aromatic carbocycles. The molecule has 0 radical (unpaired) electrons. The van der Waals surface area contributed by atoms with Crippen LogP contribution in [-0.2, 0) is 14.8 Å². The predicted molar refractivity (Wildman–Crippen MR) is 115 cm³/mol. The Balaban J connectivity index is 1.88. The second-order valence-electron chi connectivity index (χ2n) is 7.00. The number of hydrogen-bond acceptors (Lipinski definition) is 5. The van der Waals surface area contributed by atoms with Crippen LogP contribution in [0.5, 0.6) is 5.75 Å². The van der Waals surface area contributed by atoms with E-state index in [-0.39, 0.29) is 0 Å². The predicted octanol–water partition coefficient (Wildman–Crippen LogP) is 3.34. The number of nitrogens with one attached hydrogen (secondary N) is 2. The molecule has 29 heavy (non-hydrogen) atoms. The van der Waals surface area contributed by atoms with Gasteiger partial charge < -0.3 is 14.8 Å². The minimum Gasteiger partial charge on any atom is -0.495 e. The summed E-state index contributed by atoms with van der Waals surface area (Å²) in [5, 5.41) is 3.27. The summed E-state index contributed by atoms with van der Waals surface area (Å²) >= 11 is 0. The topological polar surface area (TPSA) is 84.5 Å². The average molecular weight is 413 g/mol. The summed E-state index contributed by atoms with van der Waals surface area (Å²) in [5.74, 6) is 7.57. The maximum atomic E-state index is 11.3. The van der Waals surface area contributed by atoms with Crippen LogP contribution in [0.4, 0.5) is 11.4 Å². The maximum Gasteiger partial charge on any atom is 0.229 e. The number of carbonyl (C=O) groups excluding carboxylic acids is 1. The fraction of sp³-hybridized carbons (Fsp3) is 0.318. The molecular weight excluding hydrogens is 388 g/mol. The molecule has 3 rings (SSSR count). The molecule has 0 aliphatic heterocycles. The largest absolute Gasteiger partial charge is 0.495 e. The molecule has 0 heterocycles. The smallest absolute Gasteiger partial charge is 0.229 e. The normalized spacial score (nSPS) is 13.2. The second kappa shape index (κ2) is 9.01. The average Bonchev–Trinajstić information content (AvgIpc) is 3.51. The fourth-order valence-electron chi connectivity index (χ4n) is 3.02. The summed E-state index contributed by atoms with van der Waals surface area (Å²) in [6, 6.07) is 10.9. The van der Waals surface area contributed by atoms with Gasteiger partial charge >= 0.3 is 0 Å². The lowest BCUT2D eigenvalue weighted by atomic mass is 10.0. The zero-order valence-electron chi connectivity index (χ0n) is 16.5. The maximum absolute atomic E-state index is 11.3. The van der Waals surface area contributed by atoms with Crippen LogP contribution in [0.3, 0.4) is 0 Å². The molecule has 1 saturated carbocycles. The Morgan fingerprint density at radius 3 is 2.45 bits per heavy atom. The van der Waals surface area contributed by atoms with E-state index < -0.39 is 10.0 Å². The van der Waals surface area contributed by atoms with Crippen molar-refractivity contribution in [3.05, 3.63) is 53.1 Å². The summed E-state index contributed by atoms with van der Waals surface area (Å²) in [4.78, 5) is 10.6. The van der Waals surface area contributed by atoms with Crippen LogP contribution < -0.4 is 14.8 Å². The first-order valence-electron chi connectivity index (χ1n) is 9.39. The standard InChI is InChI=1S/C22H24N2O4S/c1-28-22-18(7-4-16-5-10-19(11-6-16)24-29(2,26)27)14-20(23-12-3-13-25)15-21(22)17-8-9-17/h5-6,10-11,13-15,17,23-24H,3,8-9,12H2,1-2H3. The SMILES string of the molecule is COc1c(C#Cc2ccc(NS(C)(=O)=O)cc2)cc(NCCC=O)cc1C1CC1. The molecule has 0 amide bonds. The third-order valence-corrected chi connectivity index (χ3v) is 5.07. The summed E-state index contributed by atoms with van der Waals surface area (Å²) < 4.78 is 30.7. The molecule has 152 valence electrons. The Morgan fingerprint density at radius 2 is 1.86 bits per heavy atom. The molecule has 1 aliphatic carbocycles. The molecule has 0 atom stereocenters. The number of ether oxygens (including phenoxy) is 1. The highest BCUT2D eigenvalue weighted by Crippen LogP contribution is 2.46. The van der Waals surface area contributed by atoms with Crippen molar-refractivity contribution in [1.82, 2.24) is 0 Å². The van der Waals surface area contributed by atoms with Crippen LogP contribution >= 0.6 is 0 Å². The van der Waals surface area contributed by atoms with Crippen molar-refractivity contribution < 1.29 is 17.9 Å². The number of benzene rings is 2. The Morgan fingerprint density at radius 1 is 1.14 bits per heavy atom. The van der Waals surface area contributed by atoms with E-state index >= 15 is 0 Å². The van der Waals surface area contributed by atoms with E-state index in [1.165, 1.54) is 0 Å². The van der Waals surface area contributed by atoms with Crippen LogP contribution in [0.1, 0.15) is 41.9 Å². The van der Waals surface area contributed by atoms with Crippen LogP contribution in [0.15, 0.2) is 36.4 Å². The van der Waals surface area contributed by atoms with Crippen molar-refractivity contribution in [3.8, 4) is 17.6 Å². The monoisotopic (exact) mass is 412 g/mol. The highest BCUT2D eigenvalue weighted by atomic mass is 32.2. The van der Waals surface area contributed by atoms with Crippen LogP contribution in [0, 0.1) is 11.8 Å². The molecule has 2 aromatic rings. The van der Waals surface area contributed by atoms with Gasteiger partial charge in [0.2, 0.25) is 10.0 Å². The van der Waals surface area contributed by atoms with Crippen LogP contribution in [0.2, 0.25) is 0 Å². The number of sulfonamides is 1. The number of aldehydes is 1. The summed E-state index contributed by atoms with van der Waals surface area (Å²) in [6.45, 7) is 0.571. The van der Waals surface area contributed by atoms with Gasteiger partial charge in [0, 0.05) is 35.5 Å². The molecular formula is C22H24N2O4S. The first-order valence-corrected chi connectivity index (χ1v) is 11.3. The van der Waals surface area contributed by atoms with Gasteiger partial charge in [-0.25, -0.2) is 8.42 Å². The zero-order chi connectivity index (χ0) is 20.9. The van der Waals surface area contributed by atoms with E-state index in [4.69, 9.17) is 4.74 Å². The first kappa shape index (κ1) is 20.7. The van der Waals surface area contributed by atoms with Crippen molar-refractivity contribution in [3.63, 3.8) is 0 Å². The van der Waals surface area contributed by atoms with E-state index in [1.54, 1.807) is 31.4 Å². The van der Waals surface area contributed by atoms with E-state index in [2.05, 4.69) is 27.9 Å². The van der Waals surface area contributed by atoms with Crippen LogP contribution in [-0.4, -0.2) is 34.6 Å². The lowest BCUT2D eigenvalue weighted by molar-refractivity contribution is -0.107. The summed E-state index contributed by atoms with van der Waals surface area (Å²) in [5.41, 5.74) is 4.10. The molecule has 0 unspecified atom stereocenters. The van der Waals surface area contributed by atoms with Crippen molar-refractivity contribution in [2.75, 3.05) is 29.9 Å². The minimum atomic E-state index is -3.31. The first-order chi connectivity index (χ1) is 13.9. The lowest BCUT2D eigenvalue weighted by Crippen LogP contribution is -2.09. The van der Waals surface area contributed by atoms with Crippen molar-refractivity contribution in [2.45, 2.75) is 25.2 Å². The van der Waals surface area contributed by atoms with E-state index in [9.17, 15) is 13.2 Å². The van der Waals surface area contributed by atoms with Gasteiger partial charge in [-0.15, -0.1) is 0 Å². The fourth-order valence-corrected chi connectivity index (χ4v) is 3.59. The molecule has 6 nitrogen and oxygen atoms in total. The van der Waals surface area contributed by atoms with E-state index in [1.807, 2.05) is 6.07 Å². The molecule has 2 N–H and O–H groups in total. The molecule has 1 aliphatic rings. The molecule has 7 heteroatoms. The quantitative estimate of drug-likeness (QED) is 0.395. The molecule has 0 aromatic heterocycles. The molecule has 0 bridgehead atoms. The molecule has 0 saturated heterocycles. The lowest BCUT2D eigenvalue weighted by Gasteiger charge is -2.14. The molecule has 0 spiro atoms. The van der Waals surface area contributed by atoms with Gasteiger partial charge in [-0.2, -0.15) is 0 Å². The Hall–Kier alpha value is -2.98. The van der Waals surface area contributed by atoms with Gasteiger partial charge in [-0.05, 0) is 55.2 Å². The summed E-state index contributed by atoms with van der Waals surface area (Å²) in [7, 11) is -1.66. The van der Waals surface area contributed by atoms with Gasteiger partial charge in [0.1, 0.15) is 12.0 Å². The Bertz CT molecular complexity index is 1050. The van der Waals surface area contributed by atoms with E-state index in [0.29, 0.717) is 24.6 Å². The van der Waals surface area contributed by atoms with Crippen molar-refractivity contribution in [2.24, 2.45) is 0 Å². The number of rotatable bonds is 8. The van der Waals surface area contributed by atoms with Gasteiger partial charge in [0.05, 0.1) is 18.9 Å². The minimum absolute atomic E-state index is 0.444. The third-order valence-electron chi connectivity index (χ3n) is 4.46. The van der Waals surface area contributed by atoms with Gasteiger partial charge in [0.25, 0.3) is 0 Å².